The van der Waals surface area contributed by atoms with Gasteiger partial charge in [0.15, 0.2) is 5.78 Å². The van der Waals surface area contributed by atoms with Gasteiger partial charge >= 0.3 is 0 Å². The highest BCUT2D eigenvalue weighted by Crippen LogP contribution is 2.31. The highest BCUT2D eigenvalue weighted by atomic mass is 32.1. The largest absolute Gasteiger partial charge is 0.362 e. The van der Waals surface area contributed by atoms with Crippen LogP contribution >= 0.6 is 12.2 Å². The molecule has 1 fully saturated rings. The number of carbonyl (C=O) groups is 1. The standard InChI is InChI=1S/C19H20N4OS/c1-13(24)14-3-5-15(6-4-14)18-12-21-8-2-10-23(18)17-7-9-22-19(25)16(17)11-20/h3-7,9,18,21H,2,8,10,12H2,1H3,(H,22,25). The first-order valence-corrected chi connectivity index (χ1v) is 8.72. The van der Waals surface area contributed by atoms with Crippen LogP contribution in [-0.2, 0) is 0 Å². The number of pyridine rings is 1. The Hall–Kier alpha value is -2.49. The topological polar surface area (TPSA) is 71.9 Å². The average Bonchev–Trinajstić information content (AvgIpc) is 2.87. The number of aromatic amines is 1. The second-order valence-corrected chi connectivity index (χ2v) is 6.53. The fourth-order valence-electron chi connectivity index (χ4n) is 3.22. The molecule has 1 aromatic carbocycles. The van der Waals surface area contributed by atoms with Gasteiger partial charge in [-0.05, 0) is 31.5 Å². The minimum atomic E-state index is 0.0588. The summed E-state index contributed by atoms with van der Waals surface area (Å²) in [5, 5.41) is 13.0. The fourth-order valence-corrected chi connectivity index (χ4v) is 3.44. The molecule has 2 heterocycles. The van der Waals surface area contributed by atoms with E-state index in [0.717, 1.165) is 37.3 Å². The summed E-state index contributed by atoms with van der Waals surface area (Å²) in [5.74, 6) is 0.0588. The monoisotopic (exact) mass is 352 g/mol. The number of hydrogen-bond acceptors (Lipinski definition) is 5. The minimum Gasteiger partial charge on any atom is -0.362 e. The van der Waals surface area contributed by atoms with Crippen molar-refractivity contribution in [3.8, 4) is 6.07 Å². The van der Waals surface area contributed by atoms with Gasteiger partial charge in [-0.1, -0.05) is 36.5 Å². The first-order chi connectivity index (χ1) is 12.1. The van der Waals surface area contributed by atoms with Gasteiger partial charge in [-0.2, -0.15) is 5.26 Å². The summed E-state index contributed by atoms with van der Waals surface area (Å²) in [6.45, 7) is 4.11. The number of H-pyrrole nitrogens is 1. The summed E-state index contributed by atoms with van der Waals surface area (Å²) in [5.41, 5.74) is 3.18. The normalized spacial score (nSPS) is 17.6. The summed E-state index contributed by atoms with van der Waals surface area (Å²) in [6.07, 6.45) is 2.77. The summed E-state index contributed by atoms with van der Waals surface area (Å²) in [7, 11) is 0. The van der Waals surface area contributed by atoms with E-state index in [1.807, 2.05) is 30.3 Å². The molecule has 2 N–H and O–H groups in total. The molecule has 0 spiro atoms. The van der Waals surface area contributed by atoms with Gasteiger partial charge in [-0.25, -0.2) is 0 Å². The smallest absolute Gasteiger partial charge is 0.159 e. The Bertz CT molecular complexity index is 866. The molecule has 1 unspecified atom stereocenters. The van der Waals surface area contributed by atoms with Crippen LogP contribution in [-0.4, -0.2) is 30.4 Å². The molecule has 0 bridgehead atoms. The number of rotatable bonds is 3. The molecule has 6 heteroatoms. The molecule has 25 heavy (non-hydrogen) atoms. The summed E-state index contributed by atoms with van der Waals surface area (Å²) in [4.78, 5) is 16.7. The summed E-state index contributed by atoms with van der Waals surface area (Å²) in [6, 6.07) is 11.9. The maximum Gasteiger partial charge on any atom is 0.159 e. The molecule has 3 rings (SSSR count). The molecular weight excluding hydrogens is 332 g/mol. The van der Waals surface area contributed by atoms with Gasteiger partial charge in [-0.3, -0.25) is 4.79 Å². The van der Waals surface area contributed by atoms with Crippen molar-refractivity contribution in [2.24, 2.45) is 0 Å². The quantitative estimate of drug-likeness (QED) is 0.655. The van der Waals surface area contributed by atoms with Crippen LogP contribution in [0, 0.1) is 16.0 Å². The molecule has 0 aliphatic carbocycles. The van der Waals surface area contributed by atoms with Crippen LogP contribution in [0.4, 0.5) is 5.69 Å². The van der Waals surface area contributed by atoms with Crippen LogP contribution in [0.1, 0.15) is 40.9 Å². The molecule has 128 valence electrons. The van der Waals surface area contributed by atoms with Crippen LogP contribution in [0.2, 0.25) is 0 Å². The Morgan fingerprint density at radius 2 is 2.08 bits per heavy atom. The minimum absolute atomic E-state index is 0.0588. The number of anilines is 1. The van der Waals surface area contributed by atoms with Crippen LogP contribution < -0.4 is 10.2 Å². The van der Waals surface area contributed by atoms with E-state index in [0.29, 0.717) is 15.8 Å². The van der Waals surface area contributed by atoms with Crippen LogP contribution in [0.3, 0.4) is 0 Å². The zero-order chi connectivity index (χ0) is 17.8. The molecule has 5 nitrogen and oxygen atoms in total. The van der Waals surface area contributed by atoms with Crippen molar-refractivity contribution < 1.29 is 4.79 Å². The number of carbonyl (C=O) groups excluding carboxylic acids is 1. The van der Waals surface area contributed by atoms with E-state index in [2.05, 4.69) is 21.3 Å². The lowest BCUT2D eigenvalue weighted by atomic mass is 10.0. The zero-order valence-corrected chi connectivity index (χ0v) is 14.9. The number of nitrogens with zero attached hydrogens (tertiary/aromatic N) is 2. The van der Waals surface area contributed by atoms with Crippen molar-refractivity contribution in [1.29, 1.82) is 5.26 Å². The molecule has 1 atom stereocenters. The van der Waals surface area contributed by atoms with Gasteiger partial charge in [0.1, 0.15) is 16.3 Å². The summed E-state index contributed by atoms with van der Waals surface area (Å²) < 4.78 is 0.461. The van der Waals surface area contributed by atoms with Gasteiger partial charge < -0.3 is 15.2 Å². The molecule has 0 amide bonds. The average molecular weight is 352 g/mol. The lowest BCUT2D eigenvalue weighted by Crippen LogP contribution is -2.33. The highest BCUT2D eigenvalue weighted by Gasteiger charge is 2.25. The van der Waals surface area contributed by atoms with Crippen LogP contribution in [0.5, 0.6) is 0 Å². The van der Waals surface area contributed by atoms with Gasteiger partial charge in [0.05, 0.1) is 11.7 Å². The maximum absolute atomic E-state index is 11.5. The van der Waals surface area contributed by atoms with E-state index in [-0.39, 0.29) is 11.8 Å². The molecule has 0 radical (unpaired) electrons. The second-order valence-electron chi connectivity index (χ2n) is 6.12. The van der Waals surface area contributed by atoms with Crippen molar-refractivity contribution in [2.45, 2.75) is 19.4 Å². The SMILES string of the molecule is CC(=O)c1ccc(C2CNCCCN2c2cc[nH]c(=S)c2C#N)cc1. The number of benzene rings is 1. The zero-order valence-electron chi connectivity index (χ0n) is 14.1. The molecule has 1 aromatic heterocycles. The number of Topliss-reactive ketones (excluding diaryl/α,β-unsaturated/α-hetero) is 1. The highest BCUT2D eigenvalue weighted by molar-refractivity contribution is 7.71. The lowest BCUT2D eigenvalue weighted by molar-refractivity contribution is 0.101. The van der Waals surface area contributed by atoms with Crippen LogP contribution in [0.15, 0.2) is 36.5 Å². The van der Waals surface area contributed by atoms with Gasteiger partial charge in [0, 0.05) is 24.8 Å². The first-order valence-electron chi connectivity index (χ1n) is 8.32. The van der Waals surface area contributed by atoms with Crippen molar-refractivity contribution in [3.63, 3.8) is 0 Å². The Morgan fingerprint density at radius 1 is 1.32 bits per heavy atom. The summed E-state index contributed by atoms with van der Waals surface area (Å²) >= 11 is 5.29. The third kappa shape index (κ3) is 3.63. The number of ketones is 1. The molecule has 1 aliphatic heterocycles. The molecule has 1 aliphatic rings. The molecule has 1 saturated heterocycles. The fraction of sp³-hybridized carbons (Fsp3) is 0.316. The van der Waals surface area contributed by atoms with E-state index in [1.165, 1.54) is 0 Å². The van der Waals surface area contributed by atoms with Crippen molar-refractivity contribution in [2.75, 3.05) is 24.5 Å². The van der Waals surface area contributed by atoms with Crippen molar-refractivity contribution >= 4 is 23.7 Å². The van der Waals surface area contributed by atoms with Gasteiger partial charge in [0.2, 0.25) is 0 Å². The van der Waals surface area contributed by atoms with Crippen LogP contribution in [0.25, 0.3) is 0 Å². The van der Waals surface area contributed by atoms with Crippen molar-refractivity contribution in [3.05, 3.63) is 57.9 Å². The first kappa shape index (κ1) is 17.3. The third-order valence-electron chi connectivity index (χ3n) is 4.53. The Kier molecular flexibility index (Phi) is 5.27. The van der Waals surface area contributed by atoms with E-state index >= 15 is 0 Å². The molecular formula is C19H20N4OS. The predicted molar refractivity (Wildman–Crippen MR) is 100 cm³/mol. The maximum atomic E-state index is 11.5. The van der Waals surface area contributed by atoms with Gasteiger partial charge in [0.25, 0.3) is 0 Å². The Balaban J connectivity index is 2.04. The Morgan fingerprint density at radius 3 is 2.76 bits per heavy atom. The lowest BCUT2D eigenvalue weighted by Gasteiger charge is -2.33. The van der Waals surface area contributed by atoms with E-state index < -0.39 is 0 Å². The second kappa shape index (κ2) is 7.60. The number of nitriles is 1. The van der Waals surface area contributed by atoms with E-state index in [9.17, 15) is 10.1 Å². The van der Waals surface area contributed by atoms with Crippen molar-refractivity contribution in [1.82, 2.24) is 10.3 Å². The number of nitrogens with one attached hydrogen (secondary N) is 2. The number of aromatic nitrogens is 1. The predicted octanol–water partition coefficient (Wildman–Crippen LogP) is 3.36. The van der Waals surface area contributed by atoms with E-state index in [4.69, 9.17) is 12.2 Å². The number of hydrogen-bond donors (Lipinski definition) is 2. The Labute approximate surface area is 152 Å². The van der Waals surface area contributed by atoms with E-state index in [1.54, 1.807) is 13.1 Å². The molecule has 2 aromatic rings. The molecule has 0 saturated carbocycles. The third-order valence-corrected chi connectivity index (χ3v) is 4.85. The van der Waals surface area contributed by atoms with Gasteiger partial charge in [-0.15, -0.1) is 0 Å².